The molecule has 1 atom stereocenters. The lowest BCUT2D eigenvalue weighted by Gasteiger charge is -2.13. The number of fused-ring (bicyclic) bond motifs is 1. The number of hydrogen-bond acceptors (Lipinski definition) is 2. The van der Waals surface area contributed by atoms with Crippen LogP contribution in [0.4, 0.5) is 0 Å². The Hall–Kier alpha value is -2.00. The summed E-state index contributed by atoms with van der Waals surface area (Å²) >= 11 is 6.00. The van der Waals surface area contributed by atoms with Crippen molar-refractivity contribution >= 4 is 22.6 Å². The van der Waals surface area contributed by atoms with E-state index in [0.29, 0.717) is 10.9 Å². The zero-order valence-electron chi connectivity index (χ0n) is 12.9. The quantitative estimate of drug-likeness (QED) is 0.692. The first-order valence-electron chi connectivity index (χ1n) is 7.44. The number of aromatic nitrogens is 2. The zero-order valence-corrected chi connectivity index (χ0v) is 13.7. The molecule has 114 valence electrons. The van der Waals surface area contributed by atoms with Crippen LogP contribution in [0.3, 0.4) is 0 Å². The van der Waals surface area contributed by atoms with E-state index >= 15 is 0 Å². The molecule has 0 aliphatic rings. The predicted molar refractivity (Wildman–Crippen MR) is 90.7 cm³/mol. The molecule has 0 unspecified atom stereocenters. The predicted octanol–water partition coefficient (Wildman–Crippen LogP) is 5.48. The van der Waals surface area contributed by atoms with E-state index in [1.807, 2.05) is 37.3 Å². The Morgan fingerprint density at radius 2 is 1.77 bits per heavy atom. The van der Waals surface area contributed by atoms with Crippen LogP contribution in [0.15, 0.2) is 42.5 Å². The van der Waals surface area contributed by atoms with Gasteiger partial charge in [-0.2, -0.15) is 0 Å². The Labute approximate surface area is 135 Å². The standard InChI is InChI=1S/C18H19ClN2O/c1-11(2)13-4-7-15(8-5-13)22-12(3)18-20-16-9-6-14(19)10-17(16)21-18/h4-12H,1-3H3,(H,20,21)/t12-/m1/s1. The third-order valence-corrected chi connectivity index (χ3v) is 3.94. The van der Waals surface area contributed by atoms with Crippen LogP contribution >= 0.6 is 11.6 Å². The average Bonchev–Trinajstić information content (AvgIpc) is 2.91. The molecule has 0 bridgehead atoms. The average molecular weight is 315 g/mol. The Balaban J connectivity index is 1.78. The van der Waals surface area contributed by atoms with E-state index in [2.05, 4.69) is 35.9 Å². The molecule has 1 heterocycles. The summed E-state index contributed by atoms with van der Waals surface area (Å²) in [6.07, 6.45) is -0.156. The summed E-state index contributed by atoms with van der Waals surface area (Å²) in [5.41, 5.74) is 3.12. The molecular formula is C18H19ClN2O. The number of rotatable bonds is 4. The fourth-order valence-electron chi connectivity index (χ4n) is 2.39. The Bertz CT molecular complexity index is 777. The molecule has 0 saturated carbocycles. The van der Waals surface area contributed by atoms with Gasteiger partial charge in [-0.25, -0.2) is 4.98 Å². The van der Waals surface area contributed by atoms with Crippen LogP contribution in [0.5, 0.6) is 5.75 Å². The summed E-state index contributed by atoms with van der Waals surface area (Å²) in [5.74, 6) is 2.16. The van der Waals surface area contributed by atoms with Crippen molar-refractivity contribution in [2.75, 3.05) is 0 Å². The monoisotopic (exact) mass is 314 g/mol. The van der Waals surface area contributed by atoms with Gasteiger partial charge in [-0.1, -0.05) is 37.6 Å². The molecule has 3 rings (SSSR count). The van der Waals surface area contributed by atoms with E-state index in [1.165, 1.54) is 5.56 Å². The summed E-state index contributed by atoms with van der Waals surface area (Å²) in [4.78, 5) is 7.82. The van der Waals surface area contributed by atoms with Crippen LogP contribution in [0.25, 0.3) is 11.0 Å². The summed E-state index contributed by atoms with van der Waals surface area (Å²) in [5, 5.41) is 0.695. The second-order valence-corrected chi connectivity index (χ2v) is 6.20. The van der Waals surface area contributed by atoms with Gasteiger partial charge in [-0.05, 0) is 48.7 Å². The van der Waals surface area contributed by atoms with Crippen molar-refractivity contribution in [1.29, 1.82) is 0 Å². The molecule has 0 radical (unpaired) electrons. The van der Waals surface area contributed by atoms with Gasteiger partial charge in [-0.3, -0.25) is 0 Å². The Morgan fingerprint density at radius 1 is 1.05 bits per heavy atom. The topological polar surface area (TPSA) is 37.9 Å². The minimum Gasteiger partial charge on any atom is -0.483 e. The van der Waals surface area contributed by atoms with Gasteiger partial charge < -0.3 is 9.72 Å². The maximum absolute atomic E-state index is 6.00. The molecule has 0 spiro atoms. The Kier molecular flexibility index (Phi) is 4.08. The van der Waals surface area contributed by atoms with Crippen molar-refractivity contribution in [2.24, 2.45) is 0 Å². The molecule has 1 N–H and O–H groups in total. The minimum atomic E-state index is -0.156. The molecule has 0 amide bonds. The van der Waals surface area contributed by atoms with Crippen LogP contribution in [-0.4, -0.2) is 9.97 Å². The number of nitrogens with one attached hydrogen (secondary N) is 1. The lowest BCUT2D eigenvalue weighted by Crippen LogP contribution is -2.05. The third-order valence-electron chi connectivity index (χ3n) is 3.71. The number of H-pyrrole nitrogens is 1. The van der Waals surface area contributed by atoms with Gasteiger partial charge in [0.25, 0.3) is 0 Å². The number of imidazole rings is 1. The van der Waals surface area contributed by atoms with Crippen LogP contribution in [0, 0.1) is 0 Å². The van der Waals surface area contributed by atoms with Crippen molar-refractivity contribution < 1.29 is 4.74 Å². The molecule has 1 aromatic heterocycles. The van der Waals surface area contributed by atoms with Crippen molar-refractivity contribution in [1.82, 2.24) is 9.97 Å². The number of hydrogen-bond donors (Lipinski definition) is 1. The number of nitrogens with zero attached hydrogens (tertiary/aromatic N) is 1. The first kappa shape index (κ1) is 14.9. The highest BCUT2D eigenvalue weighted by atomic mass is 35.5. The second kappa shape index (κ2) is 6.01. The van der Waals surface area contributed by atoms with Crippen LogP contribution in [0.1, 0.15) is 44.2 Å². The molecule has 2 aromatic carbocycles. The van der Waals surface area contributed by atoms with E-state index < -0.39 is 0 Å². The highest BCUT2D eigenvalue weighted by Crippen LogP contribution is 2.25. The minimum absolute atomic E-state index is 0.156. The van der Waals surface area contributed by atoms with Crippen molar-refractivity contribution in [3.05, 3.63) is 58.9 Å². The van der Waals surface area contributed by atoms with Crippen LogP contribution in [0.2, 0.25) is 5.02 Å². The Morgan fingerprint density at radius 3 is 2.45 bits per heavy atom. The van der Waals surface area contributed by atoms with Gasteiger partial charge in [0.2, 0.25) is 0 Å². The number of ether oxygens (including phenoxy) is 1. The van der Waals surface area contributed by atoms with Gasteiger partial charge >= 0.3 is 0 Å². The molecular weight excluding hydrogens is 296 g/mol. The van der Waals surface area contributed by atoms with Crippen LogP contribution < -0.4 is 4.74 Å². The van der Waals surface area contributed by atoms with Gasteiger partial charge in [0, 0.05) is 5.02 Å². The van der Waals surface area contributed by atoms with Crippen LogP contribution in [-0.2, 0) is 0 Å². The van der Waals surface area contributed by atoms with Gasteiger partial charge in [0.1, 0.15) is 11.6 Å². The maximum Gasteiger partial charge on any atom is 0.153 e. The molecule has 0 fully saturated rings. The van der Waals surface area contributed by atoms with E-state index in [-0.39, 0.29) is 6.10 Å². The molecule has 4 heteroatoms. The van der Waals surface area contributed by atoms with Crippen molar-refractivity contribution in [3.63, 3.8) is 0 Å². The lowest BCUT2D eigenvalue weighted by atomic mass is 10.0. The summed E-state index contributed by atoms with van der Waals surface area (Å²) in [6.45, 7) is 6.34. The molecule has 0 aliphatic carbocycles. The molecule has 3 nitrogen and oxygen atoms in total. The van der Waals surface area contributed by atoms with Gasteiger partial charge in [0.05, 0.1) is 11.0 Å². The van der Waals surface area contributed by atoms with E-state index in [4.69, 9.17) is 16.3 Å². The number of aromatic amines is 1. The van der Waals surface area contributed by atoms with Gasteiger partial charge in [0.15, 0.2) is 6.10 Å². The smallest absolute Gasteiger partial charge is 0.153 e. The van der Waals surface area contributed by atoms with E-state index in [9.17, 15) is 0 Å². The fraction of sp³-hybridized carbons (Fsp3) is 0.278. The fourth-order valence-corrected chi connectivity index (χ4v) is 2.56. The summed E-state index contributed by atoms with van der Waals surface area (Å²) in [6, 6.07) is 13.8. The summed E-state index contributed by atoms with van der Waals surface area (Å²) in [7, 11) is 0. The largest absolute Gasteiger partial charge is 0.483 e. The number of benzene rings is 2. The molecule has 3 aromatic rings. The van der Waals surface area contributed by atoms with Crippen molar-refractivity contribution in [2.45, 2.75) is 32.8 Å². The van der Waals surface area contributed by atoms with Gasteiger partial charge in [-0.15, -0.1) is 0 Å². The van der Waals surface area contributed by atoms with Crippen molar-refractivity contribution in [3.8, 4) is 5.75 Å². The normalized spacial score (nSPS) is 12.8. The lowest BCUT2D eigenvalue weighted by molar-refractivity contribution is 0.218. The molecule has 0 aliphatic heterocycles. The maximum atomic E-state index is 6.00. The van der Waals surface area contributed by atoms with E-state index in [1.54, 1.807) is 0 Å². The first-order chi connectivity index (χ1) is 10.5. The number of halogens is 1. The molecule has 0 saturated heterocycles. The molecule has 22 heavy (non-hydrogen) atoms. The summed E-state index contributed by atoms with van der Waals surface area (Å²) < 4.78 is 5.97. The highest BCUT2D eigenvalue weighted by Gasteiger charge is 2.13. The second-order valence-electron chi connectivity index (χ2n) is 5.77. The third kappa shape index (κ3) is 3.09. The zero-order chi connectivity index (χ0) is 15.7. The first-order valence-corrected chi connectivity index (χ1v) is 7.82. The highest BCUT2D eigenvalue weighted by molar-refractivity contribution is 6.31. The van der Waals surface area contributed by atoms with E-state index in [0.717, 1.165) is 22.6 Å². The SMILES string of the molecule is CC(C)c1ccc(O[C@H](C)c2nc3ccc(Cl)cc3[nH]2)cc1.